The van der Waals surface area contributed by atoms with Crippen molar-refractivity contribution in [2.24, 2.45) is 0 Å². The zero-order chi connectivity index (χ0) is 11.6. The van der Waals surface area contributed by atoms with Crippen molar-refractivity contribution in [3.05, 3.63) is 29.6 Å². The van der Waals surface area contributed by atoms with Gasteiger partial charge in [-0.05, 0) is 31.5 Å². The van der Waals surface area contributed by atoms with E-state index in [9.17, 15) is 4.39 Å². The molecule has 0 N–H and O–H groups in total. The molecule has 1 aliphatic heterocycles. The lowest BCUT2D eigenvalue weighted by atomic mass is 10.0. The Labute approximate surface area is 94.1 Å². The molecule has 1 aromatic carbocycles. The Kier molecular flexibility index (Phi) is 3.12. The van der Waals surface area contributed by atoms with E-state index >= 15 is 0 Å². The van der Waals surface area contributed by atoms with Gasteiger partial charge in [-0.15, -0.1) is 0 Å². The Hall–Kier alpha value is -1.13. The summed E-state index contributed by atoms with van der Waals surface area (Å²) in [6.45, 7) is 3.00. The summed E-state index contributed by atoms with van der Waals surface area (Å²) >= 11 is 0. The molecule has 0 bridgehead atoms. The molecule has 0 aliphatic carbocycles. The van der Waals surface area contributed by atoms with Crippen molar-refractivity contribution in [2.75, 3.05) is 20.3 Å². The molecule has 1 saturated heterocycles. The highest BCUT2D eigenvalue weighted by molar-refractivity contribution is 5.37. The highest BCUT2D eigenvalue weighted by Crippen LogP contribution is 2.36. The first-order valence-electron chi connectivity index (χ1n) is 5.27. The van der Waals surface area contributed by atoms with Crippen LogP contribution >= 0.6 is 0 Å². The maximum absolute atomic E-state index is 13.2. The number of benzene rings is 1. The molecule has 0 aromatic heterocycles. The minimum Gasteiger partial charge on any atom is -0.496 e. The highest BCUT2D eigenvalue weighted by Gasteiger charge is 2.34. The number of methoxy groups -OCH3 is 1. The molecular formula is C12H15FO3. The molecule has 1 aliphatic rings. The van der Waals surface area contributed by atoms with Crippen LogP contribution in [-0.2, 0) is 15.3 Å². The van der Waals surface area contributed by atoms with Crippen LogP contribution in [0.4, 0.5) is 4.39 Å². The fourth-order valence-electron chi connectivity index (χ4n) is 1.83. The third kappa shape index (κ3) is 2.03. The molecule has 16 heavy (non-hydrogen) atoms. The topological polar surface area (TPSA) is 27.7 Å². The maximum Gasteiger partial charge on any atom is 0.195 e. The van der Waals surface area contributed by atoms with Gasteiger partial charge in [0.1, 0.15) is 11.6 Å². The normalized spacial score (nSPS) is 19.4. The number of rotatable bonds is 2. The minimum atomic E-state index is -0.911. The lowest BCUT2D eigenvalue weighted by Gasteiger charge is -2.35. The Bertz CT molecular complexity index is 373. The van der Waals surface area contributed by atoms with Crippen LogP contribution < -0.4 is 4.74 Å². The van der Waals surface area contributed by atoms with Crippen LogP contribution in [0.5, 0.6) is 5.75 Å². The SMILES string of the molecule is COc1ccc(F)cc1C1(C)OCCCO1. The largest absolute Gasteiger partial charge is 0.496 e. The van der Waals surface area contributed by atoms with E-state index in [0.29, 0.717) is 24.5 Å². The van der Waals surface area contributed by atoms with Gasteiger partial charge in [0.05, 0.1) is 25.9 Å². The van der Waals surface area contributed by atoms with Crippen LogP contribution in [0.25, 0.3) is 0 Å². The number of hydrogen-bond donors (Lipinski definition) is 0. The lowest BCUT2D eigenvalue weighted by molar-refractivity contribution is -0.265. The summed E-state index contributed by atoms with van der Waals surface area (Å²) in [5.74, 6) is -0.660. The van der Waals surface area contributed by atoms with Gasteiger partial charge in [0.15, 0.2) is 5.79 Å². The number of ether oxygens (including phenoxy) is 3. The average Bonchev–Trinajstić information content (AvgIpc) is 2.30. The van der Waals surface area contributed by atoms with Gasteiger partial charge in [-0.25, -0.2) is 4.39 Å². The fourth-order valence-corrected chi connectivity index (χ4v) is 1.83. The second-order valence-corrected chi connectivity index (χ2v) is 3.84. The van der Waals surface area contributed by atoms with Gasteiger partial charge < -0.3 is 14.2 Å². The van der Waals surface area contributed by atoms with Gasteiger partial charge in [-0.3, -0.25) is 0 Å². The van der Waals surface area contributed by atoms with Crippen molar-refractivity contribution >= 4 is 0 Å². The molecule has 88 valence electrons. The molecular weight excluding hydrogens is 211 g/mol. The van der Waals surface area contributed by atoms with Crippen LogP contribution in [-0.4, -0.2) is 20.3 Å². The van der Waals surface area contributed by atoms with Crippen molar-refractivity contribution in [1.82, 2.24) is 0 Å². The van der Waals surface area contributed by atoms with E-state index in [0.717, 1.165) is 6.42 Å². The zero-order valence-corrected chi connectivity index (χ0v) is 9.46. The van der Waals surface area contributed by atoms with Gasteiger partial charge in [-0.2, -0.15) is 0 Å². The first-order valence-corrected chi connectivity index (χ1v) is 5.27. The predicted molar refractivity (Wildman–Crippen MR) is 56.8 cm³/mol. The van der Waals surface area contributed by atoms with Crippen molar-refractivity contribution < 1.29 is 18.6 Å². The lowest BCUT2D eigenvalue weighted by Crippen LogP contribution is -2.35. The van der Waals surface area contributed by atoms with E-state index < -0.39 is 5.79 Å². The Morgan fingerprint density at radius 1 is 1.31 bits per heavy atom. The zero-order valence-electron chi connectivity index (χ0n) is 9.46. The average molecular weight is 226 g/mol. The molecule has 4 heteroatoms. The minimum absolute atomic E-state index is 0.324. The van der Waals surface area contributed by atoms with E-state index in [-0.39, 0.29) is 5.82 Å². The van der Waals surface area contributed by atoms with Gasteiger partial charge in [-0.1, -0.05) is 0 Å². The smallest absolute Gasteiger partial charge is 0.195 e. The van der Waals surface area contributed by atoms with Crippen LogP contribution in [0.15, 0.2) is 18.2 Å². The maximum atomic E-state index is 13.2. The summed E-state index contributed by atoms with van der Waals surface area (Å²) in [6, 6.07) is 4.33. The van der Waals surface area contributed by atoms with E-state index in [4.69, 9.17) is 14.2 Å². The fraction of sp³-hybridized carbons (Fsp3) is 0.500. The molecule has 0 unspecified atom stereocenters. The van der Waals surface area contributed by atoms with Crippen LogP contribution in [0.2, 0.25) is 0 Å². The molecule has 0 amide bonds. The molecule has 1 heterocycles. The summed E-state index contributed by atoms with van der Waals surface area (Å²) in [5.41, 5.74) is 0.592. The van der Waals surface area contributed by atoms with E-state index in [2.05, 4.69) is 0 Å². The first-order chi connectivity index (χ1) is 7.65. The van der Waals surface area contributed by atoms with Crippen molar-refractivity contribution in [3.8, 4) is 5.75 Å². The molecule has 2 rings (SSSR count). The van der Waals surface area contributed by atoms with Gasteiger partial charge in [0.25, 0.3) is 0 Å². The monoisotopic (exact) mass is 226 g/mol. The summed E-state index contributed by atoms with van der Waals surface area (Å²) in [7, 11) is 1.54. The van der Waals surface area contributed by atoms with Gasteiger partial charge >= 0.3 is 0 Å². The Balaban J connectivity index is 2.40. The van der Waals surface area contributed by atoms with Crippen LogP contribution in [0.1, 0.15) is 18.9 Å². The summed E-state index contributed by atoms with van der Waals surface area (Å²) < 4.78 is 29.6. The molecule has 0 saturated carbocycles. The quantitative estimate of drug-likeness (QED) is 0.775. The van der Waals surface area contributed by atoms with E-state index in [1.54, 1.807) is 20.1 Å². The van der Waals surface area contributed by atoms with Crippen molar-refractivity contribution in [2.45, 2.75) is 19.1 Å². The number of hydrogen-bond acceptors (Lipinski definition) is 3. The molecule has 3 nitrogen and oxygen atoms in total. The summed E-state index contributed by atoms with van der Waals surface area (Å²) in [4.78, 5) is 0. The van der Waals surface area contributed by atoms with Crippen molar-refractivity contribution in [3.63, 3.8) is 0 Å². The van der Waals surface area contributed by atoms with Gasteiger partial charge in [0.2, 0.25) is 0 Å². The third-order valence-electron chi connectivity index (χ3n) is 2.69. The highest BCUT2D eigenvalue weighted by atomic mass is 19.1. The molecule has 1 aromatic rings. The summed E-state index contributed by atoms with van der Waals surface area (Å²) in [5, 5.41) is 0. The molecule has 0 spiro atoms. The van der Waals surface area contributed by atoms with E-state index in [1.165, 1.54) is 12.1 Å². The summed E-state index contributed by atoms with van der Waals surface area (Å²) in [6.07, 6.45) is 0.854. The number of halogens is 1. The second-order valence-electron chi connectivity index (χ2n) is 3.84. The third-order valence-corrected chi connectivity index (χ3v) is 2.69. The second kappa shape index (κ2) is 4.39. The van der Waals surface area contributed by atoms with E-state index in [1.807, 2.05) is 0 Å². The Morgan fingerprint density at radius 2 is 2.00 bits per heavy atom. The van der Waals surface area contributed by atoms with Crippen molar-refractivity contribution in [1.29, 1.82) is 0 Å². The molecule has 1 fully saturated rings. The van der Waals surface area contributed by atoms with Gasteiger partial charge in [0, 0.05) is 0 Å². The van der Waals surface area contributed by atoms with Crippen LogP contribution in [0, 0.1) is 5.82 Å². The Morgan fingerprint density at radius 3 is 2.62 bits per heavy atom. The molecule has 0 radical (unpaired) electrons. The standard InChI is InChI=1S/C12H15FO3/c1-12(15-6-3-7-16-12)10-8-9(13)4-5-11(10)14-2/h4-5,8H,3,6-7H2,1-2H3. The predicted octanol–water partition coefficient (Wildman–Crippen LogP) is 2.44. The first kappa shape index (κ1) is 11.4. The van der Waals surface area contributed by atoms with Crippen LogP contribution in [0.3, 0.4) is 0 Å². The molecule has 0 atom stereocenters.